The van der Waals surface area contributed by atoms with Gasteiger partial charge in [0.05, 0.1) is 19.3 Å². The van der Waals surface area contributed by atoms with Crippen LogP contribution < -0.4 is 14.8 Å². The van der Waals surface area contributed by atoms with Gasteiger partial charge in [0.1, 0.15) is 6.10 Å². The number of halogens is 1. The highest BCUT2D eigenvalue weighted by atomic mass is 19.1. The second-order valence-corrected chi connectivity index (χ2v) is 9.44. The molecule has 1 saturated heterocycles. The average molecular weight is 438 g/mol. The van der Waals surface area contributed by atoms with Crippen LogP contribution in [0.2, 0.25) is 0 Å². The lowest BCUT2D eigenvalue weighted by Gasteiger charge is -2.36. The summed E-state index contributed by atoms with van der Waals surface area (Å²) in [6.07, 6.45) is 5.34. The fourth-order valence-electron chi connectivity index (χ4n) is 4.57. The normalized spacial score (nSPS) is 24.8. The van der Waals surface area contributed by atoms with E-state index in [2.05, 4.69) is 36.0 Å². The number of methoxy groups -OCH3 is 2. The summed E-state index contributed by atoms with van der Waals surface area (Å²) in [5.74, 6) is -0.384. The first kappa shape index (κ1) is 23.7. The molecule has 1 amide bonds. The molecular formula is C23H36FN3O4. The number of carbonyl (C=O) groups is 1. The molecule has 174 valence electrons. The van der Waals surface area contributed by atoms with E-state index in [1.165, 1.54) is 13.2 Å². The van der Waals surface area contributed by atoms with Gasteiger partial charge in [-0.05, 0) is 71.9 Å². The standard InChI is InChI=1S/C23H36FN3O4/c1-23(2,3)27-12-6-7-19(27)20(28)25-14-15-13-18(24)22(26-21(15)30-5)31-17-10-8-16(29-4)9-11-17/h13,16-17,19H,6-12,14H2,1-5H3,(H,25,28)/t16?,17?,19-/m0/s1. The molecule has 8 heteroatoms. The summed E-state index contributed by atoms with van der Waals surface area (Å²) in [6, 6.07) is 1.17. The lowest BCUT2D eigenvalue weighted by Crippen LogP contribution is -2.51. The van der Waals surface area contributed by atoms with Gasteiger partial charge in [-0.3, -0.25) is 9.69 Å². The van der Waals surface area contributed by atoms with Gasteiger partial charge in [0, 0.05) is 24.8 Å². The van der Waals surface area contributed by atoms with Crippen molar-refractivity contribution in [3.8, 4) is 11.8 Å². The number of pyridine rings is 1. The Hall–Kier alpha value is -1.93. The maximum Gasteiger partial charge on any atom is 0.254 e. The van der Waals surface area contributed by atoms with Crippen molar-refractivity contribution in [2.75, 3.05) is 20.8 Å². The molecule has 2 heterocycles. The number of hydrogen-bond donors (Lipinski definition) is 1. The highest BCUT2D eigenvalue weighted by Gasteiger charge is 2.37. The Bertz CT molecular complexity index is 760. The third-order valence-corrected chi connectivity index (χ3v) is 6.28. The summed E-state index contributed by atoms with van der Waals surface area (Å²) in [6.45, 7) is 7.39. The van der Waals surface area contributed by atoms with E-state index in [1.54, 1.807) is 7.11 Å². The summed E-state index contributed by atoms with van der Waals surface area (Å²) in [5, 5.41) is 2.94. The van der Waals surface area contributed by atoms with Gasteiger partial charge in [0.15, 0.2) is 5.82 Å². The number of carbonyl (C=O) groups excluding carboxylic acids is 1. The third-order valence-electron chi connectivity index (χ3n) is 6.28. The van der Waals surface area contributed by atoms with Crippen molar-refractivity contribution in [3.05, 3.63) is 17.4 Å². The van der Waals surface area contributed by atoms with Crippen LogP contribution in [0.25, 0.3) is 0 Å². The first-order valence-electron chi connectivity index (χ1n) is 11.2. The predicted octanol–water partition coefficient (Wildman–Crippen LogP) is 3.44. The Balaban J connectivity index is 1.63. The molecule has 0 unspecified atom stereocenters. The minimum atomic E-state index is -0.545. The Kier molecular flexibility index (Phi) is 7.75. The smallest absolute Gasteiger partial charge is 0.254 e. The Morgan fingerprint density at radius 1 is 1.16 bits per heavy atom. The molecule has 0 bridgehead atoms. The van der Waals surface area contributed by atoms with Gasteiger partial charge in [-0.15, -0.1) is 0 Å². The predicted molar refractivity (Wildman–Crippen MR) is 116 cm³/mol. The summed E-state index contributed by atoms with van der Waals surface area (Å²) >= 11 is 0. The highest BCUT2D eigenvalue weighted by Crippen LogP contribution is 2.30. The second-order valence-electron chi connectivity index (χ2n) is 9.44. The Morgan fingerprint density at radius 3 is 2.45 bits per heavy atom. The van der Waals surface area contributed by atoms with Crippen molar-refractivity contribution in [3.63, 3.8) is 0 Å². The lowest BCUT2D eigenvalue weighted by molar-refractivity contribution is -0.127. The SMILES string of the molecule is COc1nc(OC2CCC(OC)CC2)c(F)cc1CNC(=O)[C@@H]1CCCN1C(C)(C)C. The number of nitrogens with one attached hydrogen (secondary N) is 1. The molecule has 0 aromatic carbocycles. The molecule has 1 aromatic heterocycles. The number of rotatable bonds is 7. The average Bonchev–Trinajstić information content (AvgIpc) is 3.25. The molecule has 2 aliphatic rings. The minimum absolute atomic E-state index is 0.0508. The zero-order chi connectivity index (χ0) is 22.6. The van der Waals surface area contributed by atoms with Crippen molar-refractivity contribution < 1.29 is 23.4 Å². The summed E-state index contributed by atoms with van der Waals surface area (Å²) in [5.41, 5.74) is 0.412. The van der Waals surface area contributed by atoms with Crippen LogP contribution in [0.3, 0.4) is 0 Å². The van der Waals surface area contributed by atoms with E-state index in [9.17, 15) is 9.18 Å². The first-order valence-corrected chi connectivity index (χ1v) is 11.2. The van der Waals surface area contributed by atoms with Gasteiger partial charge < -0.3 is 19.5 Å². The lowest BCUT2D eigenvalue weighted by atomic mass is 9.95. The van der Waals surface area contributed by atoms with Crippen LogP contribution in [0.1, 0.15) is 64.9 Å². The van der Waals surface area contributed by atoms with E-state index in [0.717, 1.165) is 45.1 Å². The fraction of sp³-hybridized carbons (Fsp3) is 0.739. The van der Waals surface area contributed by atoms with Crippen molar-refractivity contribution in [1.29, 1.82) is 0 Å². The Labute approximate surface area is 184 Å². The fourth-order valence-corrected chi connectivity index (χ4v) is 4.57. The zero-order valence-corrected chi connectivity index (χ0v) is 19.4. The van der Waals surface area contributed by atoms with Crippen LogP contribution in [0, 0.1) is 5.82 Å². The number of nitrogens with zero attached hydrogens (tertiary/aromatic N) is 2. The van der Waals surface area contributed by atoms with Crippen molar-refractivity contribution >= 4 is 5.91 Å². The zero-order valence-electron chi connectivity index (χ0n) is 19.4. The van der Waals surface area contributed by atoms with Crippen molar-refractivity contribution in [2.24, 2.45) is 0 Å². The summed E-state index contributed by atoms with van der Waals surface area (Å²) in [7, 11) is 3.19. The molecule has 1 aliphatic carbocycles. The van der Waals surface area contributed by atoms with Crippen LogP contribution in [0.15, 0.2) is 6.07 Å². The van der Waals surface area contributed by atoms with Crippen LogP contribution in [0.5, 0.6) is 11.8 Å². The van der Waals surface area contributed by atoms with E-state index >= 15 is 0 Å². The van der Waals surface area contributed by atoms with Gasteiger partial charge in [0.25, 0.3) is 5.88 Å². The van der Waals surface area contributed by atoms with Crippen molar-refractivity contribution in [1.82, 2.24) is 15.2 Å². The van der Waals surface area contributed by atoms with E-state index in [-0.39, 0.29) is 48.0 Å². The van der Waals surface area contributed by atoms with E-state index in [0.29, 0.717) is 5.56 Å². The highest BCUT2D eigenvalue weighted by molar-refractivity contribution is 5.82. The Morgan fingerprint density at radius 2 is 1.84 bits per heavy atom. The molecule has 1 aliphatic heterocycles. The van der Waals surface area contributed by atoms with Crippen molar-refractivity contribution in [2.45, 2.75) is 89.6 Å². The topological polar surface area (TPSA) is 72.9 Å². The monoisotopic (exact) mass is 437 g/mol. The van der Waals surface area contributed by atoms with Crippen LogP contribution in [-0.2, 0) is 16.1 Å². The third kappa shape index (κ3) is 5.86. The number of aromatic nitrogens is 1. The van der Waals surface area contributed by atoms with Gasteiger partial charge in [0.2, 0.25) is 11.8 Å². The number of ether oxygens (including phenoxy) is 3. The largest absolute Gasteiger partial charge is 0.481 e. The van der Waals surface area contributed by atoms with Crippen LogP contribution in [0.4, 0.5) is 4.39 Å². The quantitative estimate of drug-likeness (QED) is 0.705. The summed E-state index contributed by atoms with van der Waals surface area (Å²) in [4.78, 5) is 19.3. The molecule has 1 saturated carbocycles. The van der Waals surface area contributed by atoms with E-state index in [1.807, 2.05) is 0 Å². The number of amides is 1. The molecule has 3 rings (SSSR count). The molecule has 0 radical (unpaired) electrons. The van der Waals surface area contributed by atoms with Crippen LogP contribution >= 0.6 is 0 Å². The minimum Gasteiger partial charge on any atom is -0.481 e. The van der Waals surface area contributed by atoms with Gasteiger partial charge in [-0.1, -0.05) is 0 Å². The maximum absolute atomic E-state index is 14.7. The maximum atomic E-state index is 14.7. The molecule has 7 nitrogen and oxygen atoms in total. The van der Waals surface area contributed by atoms with E-state index in [4.69, 9.17) is 14.2 Å². The first-order chi connectivity index (χ1) is 14.7. The molecular weight excluding hydrogens is 401 g/mol. The number of likely N-dealkylation sites (tertiary alicyclic amines) is 1. The second kappa shape index (κ2) is 10.1. The summed E-state index contributed by atoms with van der Waals surface area (Å²) < 4.78 is 31.3. The molecule has 2 fully saturated rings. The molecule has 0 spiro atoms. The molecule has 1 N–H and O–H groups in total. The molecule has 1 aromatic rings. The molecule has 31 heavy (non-hydrogen) atoms. The number of hydrogen-bond acceptors (Lipinski definition) is 6. The van der Waals surface area contributed by atoms with Gasteiger partial charge in [-0.25, -0.2) is 4.39 Å². The molecule has 1 atom stereocenters. The van der Waals surface area contributed by atoms with Gasteiger partial charge in [-0.2, -0.15) is 4.98 Å². The van der Waals surface area contributed by atoms with E-state index < -0.39 is 5.82 Å². The van der Waals surface area contributed by atoms with Gasteiger partial charge >= 0.3 is 0 Å². The van der Waals surface area contributed by atoms with Crippen LogP contribution in [-0.4, -0.2) is 60.3 Å².